The summed E-state index contributed by atoms with van der Waals surface area (Å²) in [7, 11) is 0. The lowest BCUT2D eigenvalue weighted by Gasteiger charge is -2.33. The summed E-state index contributed by atoms with van der Waals surface area (Å²) in [6.45, 7) is 21.3. The summed E-state index contributed by atoms with van der Waals surface area (Å²) in [5.41, 5.74) is 18.8. The molecule has 0 aliphatic heterocycles. The molecule has 2 aliphatic carbocycles. The van der Waals surface area contributed by atoms with Gasteiger partial charge in [0.25, 0.3) is 0 Å². The van der Waals surface area contributed by atoms with Gasteiger partial charge in [-0.25, -0.2) is 4.85 Å². The zero-order chi connectivity index (χ0) is 51.4. The summed E-state index contributed by atoms with van der Waals surface area (Å²) >= 11 is 0. The van der Waals surface area contributed by atoms with Gasteiger partial charge in [0.2, 0.25) is 0 Å². The SMILES string of the molecule is [C-]#[N+]c1ccc(N(c2ccc(C(C)(C)C)cc2)c2ccc3c(c2)C2(c4ccccc4-c4cc5c6ccccc6c6ccccc6c5cc42)c2cc(N(c4ccc(C#N)cc4)c4ccc(C(C)(C)C)cc4)ccc2-3)cc1. The van der Waals surface area contributed by atoms with E-state index in [0.717, 1.165) is 34.1 Å². The van der Waals surface area contributed by atoms with Gasteiger partial charge in [-0.05, 0) is 196 Å². The van der Waals surface area contributed by atoms with E-state index in [-0.39, 0.29) is 10.8 Å². The van der Waals surface area contributed by atoms with E-state index in [1.807, 2.05) is 24.3 Å². The molecule has 0 amide bonds. The van der Waals surface area contributed by atoms with Crippen LogP contribution in [0, 0.1) is 17.9 Å². The molecule has 13 rings (SSSR count). The van der Waals surface area contributed by atoms with Crippen molar-refractivity contribution in [3.05, 3.63) is 269 Å². The third-order valence-corrected chi connectivity index (χ3v) is 16.0. The van der Waals surface area contributed by atoms with Crippen molar-refractivity contribution in [3.8, 4) is 28.3 Å². The number of hydrogen-bond donors (Lipinski definition) is 0. The Bertz CT molecular complexity index is 4030. The Balaban J connectivity index is 1.12. The van der Waals surface area contributed by atoms with Crippen LogP contribution < -0.4 is 9.80 Å². The molecule has 0 radical (unpaired) electrons. The molecule has 1 atom stereocenters. The predicted molar refractivity (Wildman–Crippen MR) is 313 cm³/mol. The van der Waals surface area contributed by atoms with E-state index in [4.69, 9.17) is 6.57 Å². The molecular weight excluding hydrogens is 909 g/mol. The van der Waals surface area contributed by atoms with Gasteiger partial charge in [-0.3, -0.25) is 0 Å². The summed E-state index contributed by atoms with van der Waals surface area (Å²) in [6.07, 6.45) is 0. The van der Waals surface area contributed by atoms with Crippen LogP contribution in [-0.4, -0.2) is 0 Å². The number of nitrogens with zero attached hydrogens (tertiary/aromatic N) is 4. The predicted octanol–water partition coefficient (Wildman–Crippen LogP) is 19.4. The molecular formula is C71H54N4. The van der Waals surface area contributed by atoms with E-state index in [9.17, 15) is 5.26 Å². The maximum atomic E-state index is 9.92. The van der Waals surface area contributed by atoms with Crippen molar-refractivity contribution >= 4 is 72.1 Å². The molecule has 358 valence electrons. The Morgan fingerprint density at radius 3 is 1.20 bits per heavy atom. The van der Waals surface area contributed by atoms with E-state index in [1.165, 1.54) is 88.0 Å². The fraction of sp³-hybridized carbons (Fsp3) is 0.127. The molecule has 0 N–H and O–H groups in total. The van der Waals surface area contributed by atoms with Crippen molar-refractivity contribution in [2.75, 3.05) is 9.80 Å². The first-order chi connectivity index (χ1) is 36.3. The summed E-state index contributed by atoms with van der Waals surface area (Å²) in [6, 6.07) is 82.2. The van der Waals surface area contributed by atoms with Crippen molar-refractivity contribution in [1.82, 2.24) is 0 Å². The third kappa shape index (κ3) is 7.09. The second-order valence-corrected chi connectivity index (χ2v) is 22.3. The number of rotatable bonds is 6. The average Bonchev–Trinajstić information content (AvgIpc) is 3.90. The lowest BCUT2D eigenvalue weighted by atomic mass is 9.70. The highest BCUT2D eigenvalue weighted by Crippen LogP contribution is 2.65. The fourth-order valence-corrected chi connectivity index (χ4v) is 12.3. The first-order valence-electron chi connectivity index (χ1n) is 25.9. The Morgan fingerprint density at radius 1 is 0.373 bits per heavy atom. The van der Waals surface area contributed by atoms with Crippen LogP contribution in [0.1, 0.15) is 80.5 Å². The molecule has 0 aromatic heterocycles. The van der Waals surface area contributed by atoms with Gasteiger partial charge in [-0.15, -0.1) is 0 Å². The third-order valence-electron chi connectivity index (χ3n) is 16.0. The molecule has 2 aliphatic rings. The quantitative estimate of drug-likeness (QED) is 0.123. The van der Waals surface area contributed by atoms with Crippen molar-refractivity contribution in [3.63, 3.8) is 0 Å². The van der Waals surface area contributed by atoms with E-state index in [2.05, 4.69) is 256 Å². The van der Waals surface area contributed by atoms with Gasteiger partial charge in [0.15, 0.2) is 5.69 Å². The minimum Gasteiger partial charge on any atom is -0.311 e. The van der Waals surface area contributed by atoms with Gasteiger partial charge in [0, 0.05) is 34.1 Å². The number of nitriles is 1. The van der Waals surface area contributed by atoms with Gasteiger partial charge in [0.05, 0.1) is 23.6 Å². The molecule has 0 fully saturated rings. The smallest absolute Gasteiger partial charge is 0.187 e. The van der Waals surface area contributed by atoms with Crippen molar-refractivity contribution < 1.29 is 0 Å². The molecule has 0 saturated heterocycles. The van der Waals surface area contributed by atoms with Crippen molar-refractivity contribution in [2.24, 2.45) is 0 Å². The lowest BCUT2D eigenvalue weighted by Crippen LogP contribution is -2.26. The van der Waals surface area contributed by atoms with E-state index >= 15 is 0 Å². The van der Waals surface area contributed by atoms with Crippen LogP contribution in [0.2, 0.25) is 0 Å². The van der Waals surface area contributed by atoms with Crippen molar-refractivity contribution in [1.29, 1.82) is 5.26 Å². The molecule has 4 heteroatoms. The molecule has 11 aromatic rings. The maximum Gasteiger partial charge on any atom is 0.187 e. The number of fused-ring (bicyclic) bond motifs is 16. The molecule has 1 unspecified atom stereocenters. The highest BCUT2D eigenvalue weighted by Gasteiger charge is 2.52. The topological polar surface area (TPSA) is 34.6 Å². The molecule has 0 saturated carbocycles. The summed E-state index contributed by atoms with van der Waals surface area (Å²) in [5.74, 6) is 0. The van der Waals surface area contributed by atoms with E-state index in [0.29, 0.717) is 11.3 Å². The molecule has 0 heterocycles. The van der Waals surface area contributed by atoms with E-state index in [1.54, 1.807) is 0 Å². The van der Waals surface area contributed by atoms with Crippen LogP contribution in [0.3, 0.4) is 0 Å². The molecule has 1 spiro atoms. The highest BCUT2D eigenvalue weighted by atomic mass is 15.1. The summed E-state index contributed by atoms with van der Waals surface area (Å²) < 4.78 is 0. The molecule has 0 bridgehead atoms. The molecule has 75 heavy (non-hydrogen) atoms. The minimum absolute atomic E-state index is 0.0121. The Morgan fingerprint density at radius 2 is 0.747 bits per heavy atom. The van der Waals surface area contributed by atoms with Crippen LogP contribution in [-0.2, 0) is 16.2 Å². The summed E-state index contributed by atoms with van der Waals surface area (Å²) in [4.78, 5) is 8.45. The Kier molecular flexibility index (Phi) is 10.3. The van der Waals surface area contributed by atoms with Crippen LogP contribution in [0.4, 0.5) is 39.8 Å². The zero-order valence-corrected chi connectivity index (χ0v) is 43.1. The van der Waals surface area contributed by atoms with Gasteiger partial charge >= 0.3 is 0 Å². The standard InChI is InChI=1S/C71H54N4/c1-69(2,3)46-22-30-50(31-23-46)74(49-28-20-45(44-72)21-29-49)53-36-38-60-61-39-37-54(75(52-34-26-48(73-7)27-35-52)51-32-24-47(25-33-51)70(4,5)6)41-67(61)71(66(60)40-53)65-19-13-12-18-59(65)64-42-62-57-16-10-8-14-55(57)56-15-9-11-17-58(56)63(62)43-68(64)71/h8-43H,1-6H3. The van der Waals surface area contributed by atoms with Crippen LogP contribution in [0.5, 0.6) is 0 Å². The van der Waals surface area contributed by atoms with E-state index < -0.39 is 5.41 Å². The molecule has 4 nitrogen and oxygen atoms in total. The highest BCUT2D eigenvalue weighted by molar-refractivity contribution is 6.26. The van der Waals surface area contributed by atoms with Crippen LogP contribution in [0.25, 0.3) is 59.4 Å². The number of anilines is 6. The first-order valence-corrected chi connectivity index (χ1v) is 25.9. The van der Waals surface area contributed by atoms with Gasteiger partial charge in [0.1, 0.15) is 0 Å². The lowest BCUT2D eigenvalue weighted by molar-refractivity contribution is 0.590. The summed E-state index contributed by atoms with van der Waals surface area (Å²) in [5, 5.41) is 17.4. The maximum absolute atomic E-state index is 9.92. The molecule has 11 aromatic carbocycles. The minimum atomic E-state index is -0.744. The fourth-order valence-electron chi connectivity index (χ4n) is 12.3. The van der Waals surface area contributed by atoms with Crippen LogP contribution in [0.15, 0.2) is 218 Å². The van der Waals surface area contributed by atoms with Gasteiger partial charge in [-0.2, -0.15) is 5.26 Å². The second-order valence-electron chi connectivity index (χ2n) is 22.3. The van der Waals surface area contributed by atoms with Crippen LogP contribution >= 0.6 is 0 Å². The average molecular weight is 963 g/mol. The first kappa shape index (κ1) is 45.6. The Labute approximate surface area is 439 Å². The number of hydrogen-bond acceptors (Lipinski definition) is 3. The largest absolute Gasteiger partial charge is 0.311 e. The normalized spacial score (nSPS) is 14.3. The van der Waals surface area contributed by atoms with Gasteiger partial charge < -0.3 is 9.80 Å². The van der Waals surface area contributed by atoms with Gasteiger partial charge in [-0.1, -0.05) is 163 Å². The van der Waals surface area contributed by atoms with Crippen molar-refractivity contribution in [2.45, 2.75) is 57.8 Å². The Hall–Kier alpha value is -9.22. The zero-order valence-electron chi connectivity index (χ0n) is 43.1. The second kappa shape index (κ2) is 16.9. The number of benzene rings is 11. The monoisotopic (exact) mass is 962 g/mol.